The maximum atomic E-state index is 13.4. The van der Waals surface area contributed by atoms with Gasteiger partial charge >= 0.3 is 0 Å². The Hall–Kier alpha value is -3.41. The molecular weight excluding hydrogens is 518 g/mol. The summed E-state index contributed by atoms with van der Waals surface area (Å²) in [5, 5.41) is 17.4. The van der Waals surface area contributed by atoms with E-state index in [1.807, 2.05) is 19.9 Å². The SMILES string of the molecule is CC(C)CC(NC(=O)c1ccc2ncccc2c1)C(=O)N[C@H]1CC[C@@H](C)N(S(=O)(=O)c2ccccn2)C[C@@H]1O. The van der Waals surface area contributed by atoms with Crippen LogP contribution >= 0.6 is 0 Å². The highest BCUT2D eigenvalue weighted by atomic mass is 32.2. The van der Waals surface area contributed by atoms with Crippen LogP contribution in [0.4, 0.5) is 0 Å². The van der Waals surface area contributed by atoms with E-state index in [1.54, 1.807) is 49.5 Å². The van der Waals surface area contributed by atoms with Crippen molar-refractivity contribution in [2.45, 2.75) is 69.3 Å². The number of fused-ring (bicyclic) bond motifs is 1. The number of sulfonamides is 1. The standard InChI is InChI=1S/C28H35N5O5S/c1-18(2)15-24(32-27(35)21-10-12-22-20(16-21)7-6-14-29-22)28(36)31-23-11-9-19(3)33(17-25(23)34)39(37,38)26-8-4-5-13-30-26/h4-8,10,12-14,16,18-19,23-25,34H,9,11,15,17H2,1-3H3,(H,31,36)(H,32,35)/t19-,23+,24?,25+/m1/s1. The lowest BCUT2D eigenvalue weighted by Gasteiger charge is -2.28. The topological polar surface area (TPSA) is 142 Å². The summed E-state index contributed by atoms with van der Waals surface area (Å²) >= 11 is 0. The lowest BCUT2D eigenvalue weighted by atomic mass is 10.00. The molecule has 1 saturated heterocycles. The van der Waals surface area contributed by atoms with E-state index < -0.39 is 40.2 Å². The van der Waals surface area contributed by atoms with Gasteiger partial charge in [0, 0.05) is 35.9 Å². The van der Waals surface area contributed by atoms with Gasteiger partial charge in [0.1, 0.15) is 6.04 Å². The summed E-state index contributed by atoms with van der Waals surface area (Å²) in [5.41, 5.74) is 1.18. The zero-order valence-electron chi connectivity index (χ0n) is 22.3. The second-order valence-corrected chi connectivity index (χ2v) is 12.3. The van der Waals surface area contributed by atoms with E-state index in [4.69, 9.17) is 0 Å². The lowest BCUT2D eigenvalue weighted by molar-refractivity contribution is -0.125. The van der Waals surface area contributed by atoms with Crippen molar-refractivity contribution in [1.82, 2.24) is 24.9 Å². The average molecular weight is 554 g/mol. The lowest BCUT2D eigenvalue weighted by Crippen LogP contribution is -2.54. The number of aliphatic hydroxyl groups excluding tert-OH is 1. The van der Waals surface area contributed by atoms with E-state index in [2.05, 4.69) is 20.6 Å². The first-order chi connectivity index (χ1) is 18.6. The van der Waals surface area contributed by atoms with Gasteiger partial charge in [0.25, 0.3) is 15.9 Å². The monoisotopic (exact) mass is 553 g/mol. The highest BCUT2D eigenvalue weighted by Gasteiger charge is 2.38. The number of rotatable bonds is 8. The number of nitrogens with one attached hydrogen (secondary N) is 2. The van der Waals surface area contributed by atoms with Crippen molar-refractivity contribution in [2.75, 3.05) is 6.54 Å². The highest BCUT2D eigenvalue weighted by molar-refractivity contribution is 7.89. The van der Waals surface area contributed by atoms with Gasteiger partial charge in [-0.1, -0.05) is 26.0 Å². The first-order valence-corrected chi connectivity index (χ1v) is 14.6. The normalized spacial score (nSPS) is 21.3. The third-order valence-electron chi connectivity index (χ3n) is 6.95. The summed E-state index contributed by atoms with van der Waals surface area (Å²) in [6, 6.07) is 11.6. The number of nitrogens with zero attached hydrogens (tertiary/aromatic N) is 3. The summed E-state index contributed by atoms with van der Waals surface area (Å²) in [4.78, 5) is 34.7. The fraction of sp³-hybridized carbons (Fsp3) is 0.429. The van der Waals surface area contributed by atoms with E-state index in [-0.39, 0.29) is 23.4 Å². The Morgan fingerprint density at radius 3 is 2.56 bits per heavy atom. The number of carbonyl (C=O) groups excluding carboxylic acids is 2. The molecule has 4 rings (SSSR count). The van der Waals surface area contributed by atoms with Crippen LogP contribution in [-0.2, 0) is 14.8 Å². The number of amides is 2. The summed E-state index contributed by atoms with van der Waals surface area (Å²) in [5.74, 6) is -0.693. The Balaban J connectivity index is 1.47. The summed E-state index contributed by atoms with van der Waals surface area (Å²) in [6.07, 6.45) is 3.16. The molecule has 1 aliphatic heterocycles. The summed E-state index contributed by atoms with van der Waals surface area (Å²) in [7, 11) is -3.93. The number of hydrogen-bond donors (Lipinski definition) is 3. The van der Waals surface area contributed by atoms with Crippen LogP contribution in [0, 0.1) is 5.92 Å². The van der Waals surface area contributed by atoms with Crippen molar-refractivity contribution in [2.24, 2.45) is 5.92 Å². The van der Waals surface area contributed by atoms with E-state index >= 15 is 0 Å². The van der Waals surface area contributed by atoms with Crippen LogP contribution in [-0.4, -0.2) is 70.4 Å². The fourth-order valence-electron chi connectivity index (χ4n) is 4.82. The highest BCUT2D eigenvalue weighted by Crippen LogP contribution is 2.24. The van der Waals surface area contributed by atoms with Crippen molar-refractivity contribution in [3.8, 4) is 0 Å². The van der Waals surface area contributed by atoms with Crippen LogP contribution < -0.4 is 10.6 Å². The predicted molar refractivity (Wildman–Crippen MR) is 147 cm³/mol. The third kappa shape index (κ3) is 6.78. The molecule has 208 valence electrons. The molecule has 2 amide bonds. The van der Waals surface area contributed by atoms with Gasteiger partial charge in [-0.25, -0.2) is 13.4 Å². The van der Waals surface area contributed by atoms with Crippen LogP contribution in [0.15, 0.2) is 66.0 Å². The molecule has 10 nitrogen and oxygen atoms in total. The molecule has 0 radical (unpaired) electrons. The number of β-amino-alcohol motifs (C(OH)–C–C–N with tert-alkyl or cyclic N) is 1. The largest absolute Gasteiger partial charge is 0.390 e. The molecule has 1 unspecified atom stereocenters. The molecule has 39 heavy (non-hydrogen) atoms. The molecule has 1 aromatic carbocycles. The van der Waals surface area contributed by atoms with Crippen LogP contribution in [0.25, 0.3) is 10.9 Å². The first kappa shape index (κ1) is 28.6. The van der Waals surface area contributed by atoms with Crippen molar-refractivity contribution in [3.05, 3.63) is 66.5 Å². The Bertz CT molecular complexity index is 1420. The number of aromatic nitrogens is 2. The van der Waals surface area contributed by atoms with Crippen LogP contribution in [0.2, 0.25) is 0 Å². The van der Waals surface area contributed by atoms with Crippen molar-refractivity contribution < 1.29 is 23.1 Å². The van der Waals surface area contributed by atoms with E-state index in [0.29, 0.717) is 24.8 Å². The molecule has 1 fully saturated rings. The van der Waals surface area contributed by atoms with Gasteiger partial charge in [-0.15, -0.1) is 0 Å². The molecule has 0 aliphatic carbocycles. The minimum absolute atomic E-state index is 0.0873. The second-order valence-electron chi connectivity index (χ2n) is 10.4. The van der Waals surface area contributed by atoms with Crippen molar-refractivity contribution in [3.63, 3.8) is 0 Å². The Morgan fingerprint density at radius 2 is 1.85 bits per heavy atom. The summed E-state index contributed by atoms with van der Waals surface area (Å²) in [6.45, 7) is 5.50. The minimum atomic E-state index is -3.93. The Labute approximate surface area is 228 Å². The predicted octanol–water partition coefficient (Wildman–Crippen LogP) is 2.49. The van der Waals surface area contributed by atoms with E-state index in [0.717, 1.165) is 10.9 Å². The summed E-state index contributed by atoms with van der Waals surface area (Å²) < 4.78 is 27.7. The van der Waals surface area contributed by atoms with Gasteiger partial charge in [-0.2, -0.15) is 4.31 Å². The maximum absolute atomic E-state index is 13.4. The molecule has 4 atom stereocenters. The first-order valence-electron chi connectivity index (χ1n) is 13.1. The molecular formula is C28H35N5O5S. The molecule has 3 N–H and O–H groups in total. The number of pyridine rings is 2. The molecule has 0 bridgehead atoms. The molecule has 3 heterocycles. The minimum Gasteiger partial charge on any atom is -0.390 e. The van der Waals surface area contributed by atoms with Gasteiger partial charge in [-0.05, 0) is 68.5 Å². The molecule has 2 aromatic heterocycles. The average Bonchev–Trinajstić information content (AvgIpc) is 3.06. The number of aliphatic hydroxyl groups is 1. The maximum Gasteiger partial charge on any atom is 0.260 e. The van der Waals surface area contributed by atoms with Crippen molar-refractivity contribution in [1.29, 1.82) is 0 Å². The molecule has 0 saturated carbocycles. The number of hydrogen-bond acceptors (Lipinski definition) is 7. The second kappa shape index (κ2) is 12.2. The quantitative estimate of drug-likeness (QED) is 0.389. The van der Waals surface area contributed by atoms with Gasteiger partial charge in [0.2, 0.25) is 5.91 Å². The zero-order chi connectivity index (χ0) is 28.2. The Morgan fingerprint density at radius 1 is 1.08 bits per heavy atom. The molecule has 3 aromatic rings. The molecule has 0 spiro atoms. The van der Waals surface area contributed by atoms with Gasteiger partial charge in [0.15, 0.2) is 5.03 Å². The fourth-order valence-corrected chi connectivity index (χ4v) is 6.43. The third-order valence-corrected chi connectivity index (χ3v) is 8.85. The van der Waals surface area contributed by atoms with Gasteiger partial charge in [-0.3, -0.25) is 14.6 Å². The van der Waals surface area contributed by atoms with Crippen molar-refractivity contribution >= 4 is 32.7 Å². The van der Waals surface area contributed by atoms with Crippen LogP contribution in [0.1, 0.15) is 50.4 Å². The molecule has 1 aliphatic rings. The zero-order valence-corrected chi connectivity index (χ0v) is 23.1. The van der Waals surface area contributed by atoms with Gasteiger partial charge < -0.3 is 15.7 Å². The smallest absolute Gasteiger partial charge is 0.260 e. The Kier molecular flexibility index (Phi) is 8.94. The number of benzene rings is 1. The molecule has 11 heteroatoms. The van der Waals surface area contributed by atoms with Gasteiger partial charge in [0.05, 0.1) is 17.7 Å². The van der Waals surface area contributed by atoms with E-state index in [1.165, 1.54) is 16.6 Å². The van der Waals surface area contributed by atoms with Crippen LogP contribution in [0.5, 0.6) is 0 Å². The number of carbonyl (C=O) groups is 2. The van der Waals surface area contributed by atoms with E-state index in [9.17, 15) is 23.1 Å². The van der Waals surface area contributed by atoms with Crippen LogP contribution in [0.3, 0.4) is 0 Å².